The van der Waals surface area contributed by atoms with Crippen LogP contribution in [0.15, 0.2) is 47.4 Å². The van der Waals surface area contributed by atoms with Crippen molar-refractivity contribution < 1.29 is 9.00 Å². The number of aromatic nitrogens is 1. The van der Waals surface area contributed by atoms with Gasteiger partial charge in [-0.15, -0.1) is 11.3 Å². The predicted octanol–water partition coefficient (Wildman–Crippen LogP) is 4.16. The number of carbonyl (C=O) groups excluding carboxylic acids is 1. The Balaban J connectivity index is 1.54. The normalized spacial score (nSPS) is 15.4. The predicted molar refractivity (Wildman–Crippen MR) is 98.3 cm³/mol. The lowest BCUT2D eigenvalue weighted by Gasteiger charge is -2.05. The van der Waals surface area contributed by atoms with Gasteiger partial charge in [0.15, 0.2) is 0 Å². The van der Waals surface area contributed by atoms with Crippen molar-refractivity contribution >= 4 is 43.9 Å². The van der Waals surface area contributed by atoms with E-state index in [2.05, 4.69) is 10.3 Å². The van der Waals surface area contributed by atoms with E-state index in [1.165, 1.54) is 17.8 Å². The third-order valence-electron chi connectivity index (χ3n) is 4.04. The van der Waals surface area contributed by atoms with Crippen LogP contribution in [0.2, 0.25) is 0 Å². The zero-order chi connectivity index (χ0) is 16.7. The summed E-state index contributed by atoms with van der Waals surface area (Å²) >= 11 is 1.71. The number of nitrogens with zero attached hydrogens (tertiary/aromatic N) is 1. The van der Waals surface area contributed by atoms with Gasteiger partial charge >= 0.3 is 0 Å². The molecular weight excluding hydrogens is 340 g/mol. The number of nitrogens with one attached hydrogen (secondary N) is 1. The van der Waals surface area contributed by atoms with Crippen molar-refractivity contribution in [3.8, 4) is 0 Å². The fourth-order valence-electron chi connectivity index (χ4n) is 2.53. The molecule has 0 unspecified atom stereocenters. The third-order valence-corrected chi connectivity index (χ3v) is 6.15. The quantitative estimate of drug-likeness (QED) is 0.763. The van der Waals surface area contributed by atoms with Gasteiger partial charge in [-0.2, -0.15) is 0 Å². The Kier molecular flexibility index (Phi) is 3.94. The first-order chi connectivity index (χ1) is 11.6. The van der Waals surface area contributed by atoms with Crippen LogP contribution in [0.4, 0.5) is 5.69 Å². The molecule has 2 aromatic carbocycles. The van der Waals surface area contributed by atoms with Crippen LogP contribution in [0.25, 0.3) is 10.2 Å². The van der Waals surface area contributed by atoms with Crippen molar-refractivity contribution in [3.63, 3.8) is 0 Å². The number of benzene rings is 2. The van der Waals surface area contributed by atoms with Crippen LogP contribution in [-0.2, 0) is 10.8 Å². The monoisotopic (exact) mass is 356 g/mol. The average molecular weight is 356 g/mol. The molecule has 1 aliphatic carbocycles. The van der Waals surface area contributed by atoms with Gasteiger partial charge in [-0.25, -0.2) is 4.98 Å². The summed E-state index contributed by atoms with van der Waals surface area (Å²) in [7, 11) is -1.04. The van der Waals surface area contributed by atoms with Crippen molar-refractivity contribution in [3.05, 3.63) is 53.0 Å². The molecule has 1 aromatic heterocycles. The van der Waals surface area contributed by atoms with Crippen LogP contribution in [-0.4, -0.2) is 21.4 Å². The molecule has 0 saturated heterocycles. The lowest BCUT2D eigenvalue weighted by atomic mass is 10.2. The summed E-state index contributed by atoms with van der Waals surface area (Å²) in [5.41, 5.74) is 2.31. The Morgan fingerprint density at radius 2 is 1.96 bits per heavy atom. The minimum atomic E-state index is -1.04. The number of anilines is 1. The Labute approximate surface area is 146 Å². The highest BCUT2D eigenvalue weighted by atomic mass is 32.2. The van der Waals surface area contributed by atoms with Gasteiger partial charge in [-0.3, -0.25) is 9.00 Å². The van der Waals surface area contributed by atoms with E-state index < -0.39 is 10.8 Å². The van der Waals surface area contributed by atoms with Gasteiger partial charge in [-0.05, 0) is 55.3 Å². The van der Waals surface area contributed by atoms with E-state index in [4.69, 9.17) is 0 Å². The van der Waals surface area contributed by atoms with Crippen LogP contribution in [0, 0.1) is 0 Å². The number of carbonyl (C=O) groups is 1. The van der Waals surface area contributed by atoms with Gasteiger partial charge in [-0.1, -0.05) is 0 Å². The zero-order valence-electron chi connectivity index (χ0n) is 13.1. The first-order valence-corrected chi connectivity index (χ1v) is 10.1. The highest BCUT2D eigenvalue weighted by Gasteiger charge is 2.27. The standard InChI is InChI=1S/C18H16N2O2S2/c1-24(22)14-7-4-11(5-8-14)17(21)19-13-6-9-15-16(10-13)23-18(20-15)12-2-3-12/h4-10,12H,2-3H2,1H3,(H,19,21)/t24-/m1/s1. The number of amides is 1. The Morgan fingerprint density at radius 3 is 2.62 bits per heavy atom. The second-order valence-corrected chi connectivity index (χ2v) is 8.38. The molecule has 0 aliphatic heterocycles. The van der Waals surface area contributed by atoms with Crippen molar-refractivity contribution in [2.24, 2.45) is 0 Å². The van der Waals surface area contributed by atoms with Crippen LogP contribution in [0.1, 0.15) is 34.1 Å². The lowest BCUT2D eigenvalue weighted by molar-refractivity contribution is 0.102. The molecule has 0 spiro atoms. The second-order valence-electron chi connectivity index (χ2n) is 5.94. The van der Waals surface area contributed by atoms with Crippen molar-refractivity contribution in [2.45, 2.75) is 23.7 Å². The topological polar surface area (TPSA) is 59.1 Å². The molecule has 4 rings (SSSR count). The Morgan fingerprint density at radius 1 is 1.21 bits per heavy atom. The van der Waals surface area contributed by atoms with Crippen LogP contribution < -0.4 is 5.32 Å². The highest BCUT2D eigenvalue weighted by Crippen LogP contribution is 2.43. The maximum atomic E-state index is 12.4. The molecule has 24 heavy (non-hydrogen) atoms. The van der Waals surface area contributed by atoms with Gasteiger partial charge in [0.05, 0.1) is 15.2 Å². The zero-order valence-corrected chi connectivity index (χ0v) is 14.7. The molecule has 0 radical (unpaired) electrons. The first-order valence-electron chi connectivity index (χ1n) is 7.75. The number of thiazole rings is 1. The minimum Gasteiger partial charge on any atom is -0.322 e. The molecule has 6 heteroatoms. The van der Waals surface area contributed by atoms with Crippen molar-refractivity contribution in [2.75, 3.05) is 11.6 Å². The van der Waals surface area contributed by atoms with E-state index in [1.807, 2.05) is 18.2 Å². The summed E-state index contributed by atoms with van der Waals surface area (Å²) in [6.07, 6.45) is 4.10. The molecule has 1 atom stereocenters. The minimum absolute atomic E-state index is 0.172. The maximum absolute atomic E-state index is 12.4. The fourth-order valence-corrected chi connectivity index (χ4v) is 4.22. The summed E-state index contributed by atoms with van der Waals surface area (Å²) < 4.78 is 12.5. The molecule has 1 fully saturated rings. The van der Waals surface area contributed by atoms with Gasteiger partial charge in [0, 0.05) is 39.1 Å². The van der Waals surface area contributed by atoms with E-state index in [1.54, 1.807) is 41.9 Å². The van der Waals surface area contributed by atoms with Gasteiger partial charge in [0.25, 0.3) is 5.91 Å². The van der Waals surface area contributed by atoms with Gasteiger partial charge < -0.3 is 5.32 Å². The third kappa shape index (κ3) is 3.12. The van der Waals surface area contributed by atoms with Crippen molar-refractivity contribution in [1.29, 1.82) is 0 Å². The molecule has 4 nitrogen and oxygen atoms in total. The molecule has 1 heterocycles. The number of hydrogen-bond donors (Lipinski definition) is 1. The SMILES string of the molecule is C[S@@](=O)c1ccc(C(=O)Nc2ccc3nc(C4CC4)sc3c2)cc1. The van der Waals surface area contributed by atoms with Gasteiger partial charge in [0.2, 0.25) is 0 Å². The van der Waals surface area contributed by atoms with E-state index in [0.717, 1.165) is 15.9 Å². The molecule has 122 valence electrons. The maximum Gasteiger partial charge on any atom is 0.255 e. The Bertz CT molecular complexity index is 943. The average Bonchev–Trinajstić information content (AvgIpc) is 3.34. The summed E-state index contributed by atoms with van der Waals surface area (Å²) in [6, 6.07) is 12.7. The van der Waals surface area contributed by atoms with E-state index in [0.29, 0.717) is 16.4 Å². The largest absolute Gasteiger partial charge is 0.322 e. The molecule has 1 saturated carbocycles. The fraction of sp³-hybridized carbons (Fsp3) is 0.222. The lowest BCUT2D eigenvalue weighted by Crippen LogP contribution is -2.11. The summed E-state index contributed by atoms with van der Waals surface area (Å²) in [5, 5.41) is 4.12. The van der Waals surface area contributed by atoms with Crippen LogP contribution >= 0.6 is 11.3 Å². The molecule has 3 aromatic rings. The van der Waals surface area contributed by atoms with E-state index >= 15 is 0 Å². The molecule has 0 bridgehead atoms. The Hall–Kier alpha value is -2.05. The van der Waals surface area contributed by atoms with Gasteiger partial charge in [0.1, 0.15) is 0 Å². The van der Waals surface area contributed by atoms with E-state index in [-0.39, 0.29) is 5.91 Å². The number of fused-ring (bicyclic) bond motifs is 1. The molecule has 1 aliphatic rings. The number of hydrogen-bond acceptors (Lipinski definition) is 4. The second kappa shape index (κ2) is 6.11. The molecule has 1 amide bonds. The number of rotatable bonds is 4. The van der Waals surface area contributed by atoms with Crippen molar-refractivity contribution in [1.82, 2.24) is 4.98 Å². The molecule has 1 N–H and O–H groups in total. The first kappa shape index (κ1) is 15.5. The van der Waals surface area contributed by atoms with Crippen LogP contribution in [0.3, 0.4) is 0 Å². The highest BCUT2D eigenvalue weighted by molar-refractivity contribution is 7.84. The van der Waals surface area contributed by atoms with E-state index in [9.17, 15) is 9.00 Å². The summed E-state index contributed by atoms with van der Waals surface area (Å²) in [6.45, 7) is 0. The van der Waals surface area contributed by atoms with Crippen LogP contribution in [0.5, 0.6) is 0 Å². The smallest absolute Gasteiger partial charge is 0.255 e. The molecular formula is C18H16N2O2S2. The summed E-state index contributed by atoms with van der Waals surface area (Å²) in [5.74, 6) is 0.470. The summed E-state index contributed by atoms with van der Waals surface area (Å²) in [4.78, 5) is 17.7.